The predicted molar refractivity (Wildman–Crippen MR) is 97.4 cm³/mol. The van der Waals surface area contributed by atoms with Crippen molar-refractivity contribution in [3.63, 3.8) is 0 Å². The number of aryl methyl sites for hydroxylation is 2. The molecule has 1 aliphatic carbocycles. The molecule has 1 saturated carbocycles. The molecular weight excluding hydrogens is 389 g/mol. The number of quaternary nitrogens is 1. The molecule has 0 spiro atoms. The van der Waals surface area contributed by atoms with Crippen LogP contribution in [0.5, 0.6) is 5.75 Å². The van der Waals surface area contributed by atoms with Crippen LogP contribution in [-0.2, 0) is 37.5 Å². The van der Waals surface area contributed by atoms with Crippen LogP contribution in [0.25, 0.3) is 0 Å². The second-order valence-electron chi connectivity index (χ2n) is 7.59. The molecule has 1 N–H and O–H groups in total. The quantitative estimate of drug-likeness (QED) is 0.736. The number of ether oxygens (including phenoxy) is 1. The smallest absolute Gasteiger partial charge is 0.285 e. The summed E-state index contributed by atoms with van der Waals surface area (Å²) < 4.78 is 6.33. The molecule has 1 amide bonds. The van der Waals surface area contributed by atoms with E-state index in [0.717, 1.165) is 59.5 Å². The van der Waals surface area contributed by atoms with Crippen LogP contribution in [0.2, 0.25) is 0 Å². The molecule has 3 rings (SSSR count). The standard InChI is InChI=1S/C20H30N2O2.Y/c1-5-22(11-6-7-12-22)20(9-8-10-20)19(23)21-18-15(2)13-17(24-4)14-16(18)3;/h13-14H,5-12H2,1-4H3;/p+1. The maximum atomic E-state index is 13.4. The SMILES string of the molecule is CC[N+]1(C2(C(=O)Nc3c(C)cc(OC)cc3C)CCC2)CCCC1.[Y]. The summed E-state index contributed by atoms with van der Waals surface area (Å²) in [6.07, 6.45) is 5.74. The van der Waals surface area contributed by atoms with Crippen LogP contribution < -0.4 is 10.1 Å². The summed E-state index contributed by atoms with van der Waals surface area (Å²) in [6.45, 7) is 9.71. The van der Waals surface area contributed by atoms with E-state index in [-0.39, 0.29) is 44.2 Å². The first kappa shape index (κ1) is 20.9. The number of amides is 1. The molecule has 1 radical (unpaired) electrons. The van der Waals surface area contributed by atoms with Crippen molar-refractivity contribution in [3.05, 3.63) is 23.3 Å². The van der Waals surface area contributed by atoms with Crippen LogP contribution in [0.1, 0.15) is 50.2 Å². The van der Waals surface area contributed by atoms with Gasteiger partial charge in [0.1, 0.15) is 5.75 Å². The van der Waals surface area contributed by atoms with E-state index in [0.29, 0.717) is 0 Å². The van der Waals surface area contributed by atoms with Gasteiger partial charge >= 0.3 is 0 Å². The van der Waals surface area contributed by atoms with Crippen molar-refractivity contribution in [2.45, 2.75) is 58.4 Å². The zero-order valence-electron chi connectivity index (χ0n) is 16.2. The van der Waals surface area contributed by atoms with Gasteiger partial charge in [-0.15, -0.1) is 0 Å². The Morgan fingerprint density at radius 1 is 1.16 bits per heavy atom. The number of rotatable bonds is 5. The fourth-order valence-corrected chi connectivity index (χ4v) is 4.88. The van der Waals surface area contributed by atoms with Crippen LogP contribution in [-0.4, -0.2) is 42.7 Å². The molecule has 5 heteroatoms. The Hall–Kier alpha value is -0.446. The van der Waals surface area contributed by atoms with E-state index in [9.17, 15) is 4.79 Å². The van der Waals surface area contributed by atoms with Crippen molar-refractivity contribution in [2.24, 2.45) is 0 Å². The van der Waals surface area contributed by atoms with Gasteiger partial charge in [-0.25, -0.2) is 0 Å². The third-order valence-corrected chi connectivity index (χ3v) is 6.52. The zero-order valence-corrected chi connectivity index (χ0v) is 19.0. The van der Waals surface area contributed by atoms with E-state index < -0.39 is 0 Å². The summed E-state index contributed by atoms with van der Waals surface area (Å²) in [5.74, 6) is 1.08. The molecule has 1 aromatic carbocycles. The first-order chi connectivity index (χ1) is 11.5. The summed E-state index contributed by atoms with van der Waals surface area (Å²) >= 11 is 0. The van der Waals surface area contributed by atoms with Crippen molar-refractivity contribution >= 4 is 11.6 Å². The number of methoxy groups -OCH3 is 1. The topological polar surface area (TPSA) is 38.3 Å². The van der Waals surface area contributed by atoms with E-state index in [1.54, 1.807) is 7.11 Å². The van der Waals surface area contributed by atoms with Crippen molar-refractivity contribution in [3.8, 4) is 5.75 Å². The molecule has 1 aromatic rings. The van der Waals surface area contributed by atoms with Crippen molar-refractivity contribution in [2.75, 3.05) is 32.1 Å². The summed E-state index contributed by atoms with van der Waals surface area (Å²) in [5.41, 5.74) is 2.89. The molecule has 0 bridgehead atoms. The Balaban J connectivity index is 0.00000225. The minimum atomic E-state index is -0.204. The van der Waals surface area contributed by atoms with Crippen molar-refractivity contribution < 1.29 is 46.7 Å². The number of benzene rings is 1. The number of carbonyl (C=O) groups is 1. The van der Waals surface area contributed by atoms with Gasteiger partial charge in [-0.05, 0) is 50.5 Å². The van der Waals surface area contributed by atoms with Crippen LogP contribution in [0.4, 0.5) is 5.69 Å². The van der Waals surface area contributed by atoms with Crippen LogP contribution >= 0.6 is 0 Å². The van der Waals surface area contributed by atoms with Gasteiger partial charge in [0.25, 0.3) is 5.91 Å². The van der Waals surface area contributed by atoms with Gasteiger partial charge in [-0.2, -0.15) is 0 Å². The Kier molecular flexibility index (Phi) is 6.73. The number of likely N-dealkylation sites (N-methyl/N-ethyl adjacent to an activating group) is 1. The van der Waals surface area contributed by atoms with Crippen LogP contribution in [0, 0.1) is 13.8 Å². The molecule has 25 heavy (non-hydrogen) atoms. The number of likely N-dealkylation sites (tertiary alicyclic amines) is 1. The molecule has 0 atom stereocenters. The molecule has 1 heterocycles. The Labute approximate surface area is 177 Å². The second kappa shape index (κ2) is 8.06. The largest absolute Gasteiger partial charge is 0.497 e. The molecule has 0 unspecified atom stereocenters. The van der Waals surface area contributed by atoms with Crippen molar-refractivity contribution in [1.29, 1.82) is 0 Å². The first-order valence-corrected chi connectivity index (χ1v) is 9.31. The number of anilines is 1. The molecule has 1 aliphatic heterocycles. The molecule has 4 nitrogen and oxygen atoms in total. The third kappa shape index (κ3) is 3.42. The maximum absolute atomic E-state index is 13.4. The first-order valence-electron chi connectivity index (χ1n) is 9.31. The van der Waals surface area contributed by atoms with Crippen LogP contribution in [0.15, 0.2) is 12.1 Å². The molecule has 2 fully saturated rings. The van der Waals surface area contributed by atoms with Gasteiger partial charge in [-0.1, -0.05) is 0 Å². The molecular formula is C20H31N2O2Y+. The number of nitrogens with zero attached hydrogens (tertiary/aromatic N) is 1. The summed E-state index contributed by atoms with van der Waals surface area (Å²) in [6, 6.07) is 3.99. The normalized spacial score (nSPS) is 20.3. The van der Waals surface area contributed by atoms with E-state index >= 15 is 0 Å². The minimum absolute atomic E-state index is 0. The van der Waals surface area contributed by atoms with E-state index in [1.165, 1.54) is 19.3 Å². The molecule has 2 aliphatic rings. The molecule has 135 valence electrons. The predicted octanol–water partition coefficient (Wildman–Crippen LogP) is 3.80. The Morgan fingerprint density at radius 3 is 2.12 bits per heavy atom. The molecule has 0 aromatic heterocycles. The zero-order chi connectivity index (χ0) is 17.4. The number of carbonyl (C=O) groups excluding carboxylic acids is 1. The van der Waals surface area contributed by atoms with Gasteiger partial charge in [0.15, 0.2) is 5.54 Å². The summed E-state index contributed by atoms with van der Waals surface area (Å²) in [4.78, 5) is 13.4. The number of hydrogen-bond donors (Lipinski definition) is 1. The maximum Gasteiger partial charge on any atom is 0.285 e. The average molecular weight is 420 g/mol. The number of nitrogens with one attached hydrogen (secondary N) is 1. The molecule has 1 saturated heterocycles. The average Bonchev–Trinajstić information content (AvgIpc) is 2.99. The monoisotopic (exact) mass is 420 g/mol. The van der Waals surface area contributed by atoms with Gasteiger partial charge < -0.3 is 14.5 Å². The van der Waals surface area contributed by atoms with Crippen molar-refractivity contribution in [1.82, 2.24) is 0 Å². The second-order valence-corrected chi connectivity index (χ2v) is 7.59. The van der Waals surface area contributed by atoms with Gasteiger partial charge in [-0.3, -0.25) is 4.79 Å². The van der Waals surface area contributed by atoms with Crippen LogP contribution in [0.3, 0.4) is 0 Å². The Morgan fingerprint density at radius 2 is 1.72 bits per heavy atom. The van der Waals surface area contributed by atoms with E-state index in [1.807, 2.05) is 26.0 Å². The van der Waals surface area contributed by atoms with E-state index in [4.69, 9.17) is 4.74 Å². The number of hydrogen-bond acceptors (Lipinski definition) is 2. The fraction of sp³-hybridized carbons (Fsp3) is 0.650. The third-order valence-electron chi connectivity index (χ3n) is 6.52. The van der Waals surface area contributed by atoms with Gasteiger partial charge in [0, 0.05) is 64.1 Å². The Bertz CT molecular complexity index is 612. The summed E-state index contributed by atoms with van der Waals surface area (Å²) in [7, 11) is 1.68. The van der Waals surface area contributed by atoms with Gasteiger partial charge in [0.2, 0.25) is 0 Å². The summed E-state index contributed by atoms with van der Waals surface area (Å²) in [5, 5.41) is 3.30. The fourth-order valence-electron chi connectivity index (χ4n) is 4.88. The van der Waals surface area contributed by atoms with Gasteiger partial charge in [0.05, 0.1) is 26.7 Å². The minimum Gasteiger partial charge on any atom is -0.497 e. The van der Waals surface area contributed by atoms with E-state index in [2.05, 4.69) is 12.2 Å².